The molecule has 0 saturated carbocycles. The third-order valence-corrected chi connectivity index (χ3v) is 4.61. The molecule has 0 unspecified atom stereocenters. The molecule has 0 aromatic heterocycles. The van der Waals surface area contributed by atoms with Crippen molar-refractivity contribution in [3.05, 3.63) is 88.4 Å². The second kappa shape index (κ2) is 9.68. The van der Waals surface area contributed by atoms with E-state index in [2.05, 4.69) is 6.07 Å². The van der Waals surface area contributed by atoms with E-state index in [-0.39, 0.29) is 0 Å². The van der Waals surface area contributed by atoms with E-state index in [4.69, 9.17) is 25.8 Å². The minimum atomic E-state index is 0.435. The molecular formula is C24H20ClNO3. The minimum absolute atomic E-state index is 0.435. The first kappa shape index (κ1) is 20.3. The zero-order chi connectivity index (χ0) is 20.6. The summed E-state index contributed by atoms with van der Waals surface area (Å²) < 4.78 is 16.4. The second-order valence-electron chi connectivity index (χ2n) is 6.20. The summed E-state index contributed by atoms with van der Waals surface area (Å²) in [6.07, 6.45) is 1.77. The van der Waals surface area contributed by atoms with Crippen LogP contribution in [0.4, 0.5) is 0 Å². The fourth-order valence-corrected chi connectivity index (χ4v) is 3.05. The van der Waals surface area contributed by atoms with Gasteiger partial charge >= 0.3 is 0 Å². The number of methoxy groups -OCH3 is 2. The Morgan fingerprint density at radius 3 is 2.31 bits per heavy atom. The van der Waals surface area contributed by atoms with E-state index in [1.165, 1.54) is 0 Å². The Labute approximate surface area is 175 Å². The summed E-state index contributed by atoms with van der Waals surface area (Å²) in [5.74, 6) is 1.77. The molecule has 3 rings (SSSR count). The van der Waals surface area contributed by atoms with E-state index < -0.39 is 0 Å². The first-order valence-corrected chi connectivity index (χ1v) is 9.33. The number of rotatable bonds is 7. The lowest BCUT2D eigenvalue weighted by atomic mass is 10.0. The molecule has 4 nitrogen and oxygen atoms in total. The van der Waals surface area contributed by atoms with Gasteiger partial charge in [0, 0.05) is 0 Å². The molecule has 0 radical (unpaired) electrons. The SMILES string of the molecule is COc1ccc(/C(C#N)=C/c2ccc(OCc3ccccc3)c(Cl)c2)cc1OC. The number of allylic oxidation sites excluding steroid dienone is 1. The van der Waals surface area contributed by atoms with Crippen molar-refractivity contribution >= 4 is 23.3 Å². The number of halogens is 1. The molecule has 0 fully saturated rings. The lowest BCUT2D eigenvalue weighted by molar-refractivity contribution is 0.306. The maximum Gasteiger partial charge on any atom is 0.161 e. The van der Waals surface area contributed by atoms with Gasteiger partial charge in [-0.2, -0.15) is 5.26 Å². The number of ether oxygens (including phenoxy) is 3. The maximum absolute atomic E-state index is 9.62. The Kier molecular flexibility index (Phi) is 6.78. The van der Waals surface area contributed by atoms with Crippen LogP contribution in [0.1, 0.15) is 16.7 Å². The summed E-state index contributed by atoms with van der Waals surface area (Å²) >= 11 is 6.38. The highest BCUT2D eigenvalue weighted by Crippen LogP contribution is 2.32. The zero-order valence-corrected chi connectivity index (χ0v) is 16.9. The van der Waals surface area contributed by atoms with E-state index in [1.807, 2.05) is 42.5 Å². The minimum Gasteiger partial charge on any atom is -0.493 e. The van der Waals surface area contributed by atoms with Crippen molar-refractivity contribution in [1.82, 2.24) is 0 Å². The number of nitriles is 1. The average molecular weight is 406 g/mol. The van der Waals surface area contributed by atoms with Crippen molar-refractivity contribution in [1.29, 1.82) is 5.26 Å². The molecule has 0 aliphatic rings. The first-order valence-electron chi connectivity index (χ1n) is 8.95. The molecule has 29 heavy (non-hydrogen) atoms. The quantitative estimate of drug-likeness (QED) is 0.357. The molecule has 0 aliphatic carbocycles. The van der Waals surface area contributed by atoms with Gasteiger partial charge in [0.25, 0.3) is 0 Å². The molecule has 0 atom stereocenters. The largest absolute Gasteiger partial charge is 0.493 e. The Morgan fingerprint density at radius 2 is 1.66 bits per heavy atom. The van der Waals surface area contributed by atoms with Gasteiger partial charge in [0.05, 0.1) is 30.9 Å². The predicted molar refractivity (Wildman–Crippen MR) is 115 cm³/mol. The van der Waals surface area contributed by atoms with Crippen LogP contribution in [0.2, 0.25) is 5.02 Å². The molecule has 3 aromatic carbocycles. The maximum atomic E-state index is 9.62. The van der Waals surface area contributed by atoms with Crippen LogP contribution in [0.25, 0.3) is 11.6 Å². The van der Waals surface area contributed by atoms with Gasteiger partial charge in [-0.05, 0) is 53.1 Å². The van der Waals surface area contributed by atoms with Gasteiger partial charge in [-0.1, -0.05) is 48.0 Å². The predicted octanol–water partition coefficient (Wildman–Crippen LogP) is 6.00. The summed E-state index contributed by atoms with van der Waals surface area (Å²) in [6.45, 7) is 0.435. The van der Waals surface area contributed by atoms with Gasteiger partial charge in [0.15, 0.2) is 11.5 Å². The highest BCUT2D eigenvalue weighted by atomic mass is 35.5. The second-order valence-corrected chi connectivity index (χ2v) is 6.61. The van der Waals surface area contributed by atoms with Crippen LogP contribution in [0.5, 0.6) is 17.2 Å². The molecule has 146 valence electrons. The summed E-state index contributed by atoms with van der Waals surface area (Å²) in [5, 5.41) is 10.1. The van der Waals surface area contributed by atoms with Crippen molar-refractivity contribution in [3.63, 3.8) is 0 Å². The third kappa shape index (κ3) is 5.10. The van der Waals surface area contributed by atoms with Crippen molar-refractivity contribution < 1.29 is 14.2 Å². The number of nitrogens with zero attached hydrogens (tertiary/aromatic N) is 1. The monoisotopic (exact) mass is 405 g/mol. The van der Waals surface area contributed by atoms with Gasteiger partial charge in [-0.15, -0.1) is 0 Å². The summed E-state index contributed by atoms with van der Waals surface area (Å²) in [6, 6.07) is 22.9. The van der Waals surface area contributed by atoms with Crippen LogP contribution in [0.3, 0.4) is 0 Å². The van der Waals surface area contributed by atoms with E-state index in [1.54, 1.807) is 44.6 Å². The highest BCUT2D eigenvalue weighted by Gasteiger charge is 2.09. The van der Waals surface area contributed by atoms with Crippen LogP contribution >= 0.6 is 11.6 Å². The molecular weight excluding hydrogens is 386 g/mol. The van der Waals surface area contributed by atoms with Crippen molar-refractivity contribution in [2.45, 2.75) is 6.61 Å². The fraction of sp³-hybridized carbons (Fsp3) is 0.125. The van der Waals surface area contributed by atoms with Gasteiger partial charge in [-0.25, -0.2) is 0 Å². The fourth-order valence-electron chi connectivity index (χ4n) is 2.81. The van der Waals surface area contributed by atoms with Crippen LogP contribution < -0.4 is 14.2 Å². The number of hydrogen-bond acceptors (Lipinski definition) is 4. The Bertz CT molecular complexity index is 1060. The zero-order valence-electron chi connectivity index (χ0n) is 16.2. The van der Waals surface area contributed by atoms with Gasteiger partial charge < -0.3 is 14.2 Å². The van der Waals surface area contributed by atoms with Crippen LogP contribution in [-0.2, 0) is 6.61 Å². The van der Waals surface area contributed by atoms with Crippen LogP contribution in [0, 0.1) is 11.3 Å². The molecule has 0 aliphatic heterocycles. The van der Waals surface area contributed by atoms with E-state index >= 15 is 0 Å². The summed E-state index contributed by atoms with van der Waals surface area (Å²) in [4.78, 5) is 0. The van der Waals surface area contributed by atoms with Gasteiger partial charge in [0.1, 0.15) is 12.4 Å². The normalized spacial score (nSPS) is 10.9. The Morgan fingerprint density at radius 1 is 0.931 bits per heavy atom. The standard InChI is InChI=1S/C24H20ClNO3/c1-27-23-11-9-19(14-24(23)28-2)20(15-26)12-18-8-10-22(21(25)13-18)29-16-17-6-4-3-5-7-17/h3-14H,16H2,1-2H3/b20-12+. The molecule has 0 bridgehead atoms. The summed E-state index contributed by atoms with van der Waals surface area (Å²) in [5.41, 5.74) is 3.08. The van der Waals surface area contributed by atoms with Crippen LogP contribution in [-0.4, -0.2) is 14.2 Å². The Hall–Kier alpha value is -3.42. The Balaban J connectivity index is 1.81. The molecule has 0 heterocycles. The van der Waals surface area contributed by atoms with E-state index in [9.17, 15) is 5.26 Å². The highest BCUT2D eigenvalue weighted by molar-refractivity contribution is 6.32. The van der Waals surface area contributed by atoms with Gasteiger partial charge in [0.2, 0.25) is 0 Å². The smallest absolute Gasteiger partial charge is 0.161 e. The third-order valence-electron chi connectivity index (χ3n) is 4.32. The van der Waals surface area contributed by atoms with Gasteiger partial charge in [-0.3, -0.25) is 0 Å². The van der Waals surface area contributed by atoms with E-state index in [0.29, 0.717) is 34.5 Å². The summed E-state index contributed by atoms with van der Waals surface area (Å²) in [7, 11) is 3.13. The van der Waals surface area contributed by atoms with Crippen molar-refractivity contribution in [2.24, 2.45) is 0 Å². The van der Waals surface area contributed by atoms with Crippen molar-refractivity contribution in [2.75, 3.05) is 14.2 Å². The lowest BCUT2D eigenvalue weighted by Gasteiger charge is -2.10. The number of hydrogen-bond donors (Lipinski definition) is 0. The first-order chi connectivity index (χ1) is 14.1. The molecule has 3 aromatic rings. The van der Waals surface area contributed by atoms with Crippen LogP contribution in [0.15, 0.2) is 66.7 Å². The molecule has 0 saturated heterocycles. The molecule has 0 amide bonds. The molecule has 0 spiro atoms. The van der Waals surface area contributed by atoms with Crippen molar-refractivity contribution in [3.8, 4) is 23.3 Å². The van der Waals surface area contributed by atoms with E-state index in [0.717, 1.165) is 16.7 Å². The molecule has 0 N–H and O–H groups in total. The molecule has 5 heteroatoms. The lowest BCUT2D eigenvalue weighted by Crippen LogP contribution is -1.95. The number of benzene rings is 3. The average Bonchev–Trinajstić information content (AvgIpc) is 2.77. The topological polar surface area (TPSA) is 51.5 Å².